The third kappa shape index (κ3) is 5.14. The summed E-state index contributed by atoms with van der Waals surface area (Å²) in [6.45, 7) is 6.00. The van der Waals surface area contributed by atoms with Crippen molar-refractivity contribution in [3.8, 4) is 11.3 Å². The van der Waals surface area contributed by atoms with Crippen molar-refractivity contribution < 1.29 is 9.18 Å². The van der Waals surface area contributed by atoms with Gasteiger partial charge in [0.15, 0.2) is 11.6 Å². The second-order valence-electron chi connectivity index (χ2n) is 9.52. The van der Waals surface area contributed by atoms with Gasteiger partial charge in [0.1, 0.15) is 23.0 Å². The minimum Gasteiger partial charge on any atom is -0.384 e. The van der Waals surface area contributed by atoms with E-state index in [1.807, 2.05) is 20.8 Å². The van der Waals surface area contributed by atoms with E-state index in [-0.39, 0.29) is 40.1 Å². The minimum atomic E-state index is -0.529. The first-order valence-electron chi connectivity index (χ1n) is 11.2. The standard InChI is InChI=1S/C25H27FN8O2/c1-25(2,3)21-13-28-19(12-29-21)20(35)9-15-8-14(6-7-16(15)26)17-10-18(24(36)34(5)31-17)30-23-11-22(27)33(4)32-23/h6-8,10-13H,9,27H2,1-5H3,(H,30,32). The van der Waals surface area contributed by atoms with Crippen LogP contribution in [-0.4, -0.2) is 35.3 Å². The van der Waals surface area contributed by atoms with Gasteiger partial charge in [0.05, 0.1) is 17.6 Å². The fourth-order valence-electron chi connectivity index (χ4n) is 3.51. The number of hydrogen-bond acceptors (Lipinski definition) is 8. The fourth-order valence-corrected chi connectivity index (χ4v) is 3.51. The van der Waals surface area contributed by atoms with Crippen LogP contribution in [0.3, 0.4) is 0 Å². The quantitative estimate of drug-likeness (QED) is 0.394. The fraction of sp³-hybridized carbons (Fsp3) is 0.280. The predicted octanol–water partition coefficient (Wildman–Crippen LogP) is 3.16. The lowest BCUT2D eigenvalue weighted by atomic mass is 9.92. The molecule has 11 heteroatoms. The van der Waals surface area contributed by atoms with E-state index >= 15 is 0 Å². The van der Waals surface area contributed by atoms with E-state index in [9.17, 15) is 14.0 Å². The largest absolute Gasteiger partial charge is 0.384 e. The Balaban J connectivity index is 1.62. The lowest BCUT2D eigenvalue weighted by molar-refractivity contribution is 0.0986. The van der Waals surface area contributed by atoms with Gasteiger partial charge in [-0.2, -0.15) is 10.2 Å². The molecule has 0 aliphatic rings. The maximum atomic E-state index is 14.6. The summed E-state index contributed by atoms with van der Waals surface area (Å²) in [5, 5.41) is 11.4. The Bertz CT molecular complexity index is 1480. The van der Waals surface area contributed by atoms with E-state index in [1.54, 1.807) is 31.4 Å². The van der Waals surface area contributed by atoms with Crippen LogP contribution in [0.15, 0.2) is 47.5 Å². The number of benzene rings is 1. The average molecular weight is 491 g/mol. The van der Waals surface area contributed by atoms with E-state index in [0.717, 1.165) is 5.69 Å². The Kier molecular flexibility index (Phi) is 6.40. The Labute approximate surface area is 207 Å². The number of nitrogens with two attached hydrogens (primary N) is 1. The zero-order valence-electron chi connectivity index (χ0n) is 20.7. The van der Waals surface area contributed by atoms with Crippen molar-refractivity contribution in [1.82, 2.24) is 29.5 Å². The molecule has 3 aromatic heterocycles. The predicted molar refractivity (Wildman–Crippen MR) is 135 cm³/mol. The molecule has 36 heavy (non-hydrogen) atoms. The molecule has 0 atom stereocenters. The molecular formula is C25H27FN8O2. The van der Waals surface area contributed by atoms with Crippen LogP contribution in [-0.2, 0) is 25.9 Å². The van der Waals surface area contributed by atoms with Crippen molar-refractivity contribution in [2.45, 2.75) is 32.6 Å². The molecule has 1 aromatic carbocycles. The Hall–Kier alpha value is -4.41. The molecule has 4 rings (SSSR count). The van der Waals surface area contributed by atoms with Crippen LogP contribution in [0.4, 0.5) is 21.7 Å². The summed E-state index contributed by atoms with van der Waals surface area (Å²) in [7, 11) is 3.19. The Morgan fingerprint density at radius 2 is 1.81 bits per heavy atom. The second kappa shape index (κ2) is 9.33. The summed E-state index contributed by atoms with van der Waals surface area (Å²) in [6, 6.07) is 7.49. The highest BCUT2D eigenvalue weighted by atomic mass is 19.1. The number of halogens is 1. The van der Waals surface area contributed by atoms with Crippen LogP contribution in [0.2, 0.25) is 0 Å². The van der Waals surface area contributed by atoms with E-state index < -0.39 is 5.82 Å². The van der Waals surface area contributed by atoms with E-state index in [4.69, 9.17) is 5.73 Å². The topological polar surface area (TPSA) is 134 Å². The maximum Gasteiger partial charge on any atom is 0.290 e. The molecule has 4 aromatic rings. The zero-order chi connectivity index (χ0) is 26.2. The lowest BCUT2D eigenvalue weighted by Gasteiger charge is -2.16. The monoisotopic (exact) mass is 490 g/mol. The number of rotatable bonds is 6. The van der Waals surface area contributed by atoms with Crippen LogP contribution in [0.1, 0.15) is 42.5 Å². The van der Waals surface area contributed by atoms with Crippen molar-refractivity contribution in [2.24, 2.45) is 14.1 Å². The number of nitrogens with zero attached hydrogens (tertiary/aromatic N) is 6. The number of nitrogens with one attached hydrogen (secondary N) is 1. The molecule has 0 radical (unpaired) electrons. The first-order chi connectivity index (χ1) is 16.9. The molecule has 0 spiro atoms. The molecule has 186 valence electrons. The highest BCUT2D eigenvalue weighted by Crippen LogP contribution is 2.24. The van der Waals surface area contributed by atoms with Crippen LogP contribution < -0.4 is 16.6 Å². The summed E-state index contributed by atoms with van der Waals surface area (Å²) in [5.74, 6) is -0.0663. The van der Waals surface area contributed by atoms with Crippen LogP contribution in [0.5, 0.6) is 0 Å². The summed E-state index contributed by atoms with van der Waals surface area (Å²) in [6.07, 6.45) is 2.78. The molecule has 0 saturated carbocycles. The number of carbonyl (C=O) groups is 1. The minimum absolute atomic E-state index is 0.161. The van der Waals surface area contributed by atoms with Gasteiger partial charge in [-0.05, 0) is 29.8 Å². The molecule has 0 aliphatic heterocycles. The van der Waals surface area contributed by atoms with E-state index in [0.29, 0.717) is 22.9 Å². The molecule has 0 amide bonds. The molecule has 3 N–H and O–H groups in total. The van der Waals surface area contributed by atoms with Gasteiger partial charge in [-0.1, -0.05) is 20.8 Å². The maximum absolute atomic E-state index is 14.6. The number of Topliss-reactive ketones (excluding diaryl/α,β-unsaturated/α-hetero) is 1. The van der Waals surface area contributed by atoms with Crippen LogP contribution in [0, 0.1) is 5.82 Å². The summed E-state index contributed by atoms with van der Waals surface area (Å²) >= 11 is 0. The number of aryl methyl sites for hydroxylation is 2. The lowest BCUT2D eigenvalue weighted by Crippen LogP contribution is -2.22. The van der Waals surface area contributed by atoms with E-state index in [1.165, 1.54) is 34.7 Å². The smallest absolute Gasteiger partial charge is 0.290 e. The molecule has 0 aliphatic carbocycles. The van der Waals surface area contributed by atoms with Crippen LogP contribution >= 0.6 is 0 Å². The van der Waals surface area contributed by atoms with Crippen molar-refractivity contribution in [1.29, 1.82) is 0 Å². The van der Waals surface area contributed by atoms with Gasteiger partial charge < -0.3 is 11.1 Å². The zero-order valence-corrected chi connectivity index (χ0v) is 20.7. The molecule has 0 bridgehead atoms. The highest BCUT2D eigenvalue weighted by molar-refractivity contribution is 5.95. The molecule has 10 nitrogen and oxygen atoms in total. The van der Waals surface area contributed by atoms with Gasteiger partial charge in [-0.15, -0.1) is 0 Å². The third-order valence-electron chi connectivity index (χ3n) is 5.64. The first kappa shape index (κ1) is 24.7. The van der Waals surface area contributed by atoms with Gasteiger partial charge in [-0.3, -0.25) is 19.3 Å². The van der Waals surface area contributed by atoms with Gasteiger partial charge in [0, 0.05) is 43.8 Å². The molecule has 0 saturated heterocycles. The number of nitrogen functional groups attached to an aromatic ring is 1. The Morgan fingerprint density at radius 1 is 1.06 bits per heavy atom. The third-order valence-corrected chi connectivity index (χ3v) is 5.64. The first-order valence-corrected chi connectivity index (χ1v) is 11.2. The normalized spacial score (nSPS) is 11.5. The van der Waals surface area contributed by atoms with Gasteiger partial charge in [0.25, 0.3) is 5.56 Å². The van der Waals surface area contributed by atoms with E-state index in [2.05, 4.69) is 25.5 Å². The number of carbonyl (C=O) groups excluding carboxylic acids is 1. The Morgan fingerprint density at radius 3 is 2.42 bits per heavy atom. The average Bonchev–Trinajstić information content (AvgIpc) is 3.14. The molecule has 0 unspecified atom stereocenters. The van der Waals surface area contributed by atoms with Gasteiger partial charge >= 0.3 is 0 Å². The van der Waals surface area contributed by atoms with Crippen molar-refractivity contribution in [3.05, 3.63) is 75.8 Å². The molecular weight excluding hydrogens is 463 g/mol. The second-order valence-corrected chi connectivity index (χ2v) is 9.52. The van der Waals surface area contributed by atoms with Crippen molar-refractivity contribution in [2.75, 3.05) is 11.1 Å². The number of anilines is 3. The molecule has 3 heterocycles. The van der Waals surface area contributed by atoms with Crippen LogP contribution in [0.25, 0.3) is 11.3 Å². The highest BCUT2D eigenvalue weighted by Gasteiger charge is 2.19. The number of aromatic nitrogens is 6. The summed E-state index contributed by atoms with van der Waals surface area (Å²) < 4.78 is 17.3. The molecule has 0 fully saturated rings. The number of hydrogen-bond donors (Lipinski definition) is 2. The number of ketones is 1. The van der Waals surface area contributed by atoms with Crippen molar-refractivity contribution >= 4 is 23.1 Å². The van der Waals surface area contributed by atoms with Gasteiger partial charge in [0.2, 0.25) is 0 Å². The summed E-state index contributed by atoms with van der Waals surface area (Å²) in [4.78, 5) is 34.0. The van der Waals surface area contributed by atoms with Crippen molar-refractivity contribution in [3.63, 3.8) is 0 Å². The summed E-state index contributed by atoms with van der Waals surface area (Å²) in [5.41, 5.74) is 7.50. The SMILES string of the molecule is Cn1nc(Nc2cc(-c3ccc(F)c(CC(=O)c4cnc(C(C)(C)C)cn4)c3)nn(C)c2=O)cc1N. The van der Waals surface area contributed by atoms with Gasteiger partial charge in [-0.25, -0.2) is 14.1 Å².